The molecule has 0 aliphatic rings. The highest BCUT2D eigenvalue weighted by atomic mass is 32.1. The molecule has 0 fully saturated rings. The van der Waals surface area contributed by atoms with E-state index in [9.17, 15) is 0 Å². The van der Waals surface area contributed by atoms with E-state index in [4.69, 9.17) is 5.73 Å². The largest absolute Gasteiger partial charge is 0.323 e. The van der Waals surface area contributed by atoms with Crippen LogP contribution in [0.25, 0.3) is 0 Å². The summed E-state index contributed by atoms with van der Waals surface area (Å²) >= 11 is 1.81. The fourth-order valence-electron chi connectivity index (χ4n) is 1.11. The van der Waals surface area contributed by atoms with Crippen LogP contribution < -0.4 is 5.73 Å². The Bertz CT molecular complexity index is 217. The molecule has 0 unspecified atom stereocenters. The minimum Gasteiger partial charge on any atom is -0.323 e. The van der Waals surface area contributed by atoms with Gasteiger partial charge in [0.05, 0.1) is 0 Å². The molecule has 0 aromatic carbocycles. The highest BCUT2D eigenvalue weighted by Crippen LogP contribution is 2.23. The SMILES string of the molecule is CCC[C@H](N)c1ccc(C)s1. The molecular weight excluding hydrogens is 154 g/mol. The second-order valence-electron chi connectivity index (χ2n) is 2.84. The average Bonchev–Trinajstić information content (AvgIpc) is 2.36. The lowest BCUT2D eigenvalue weighted by atomic mass is 10.1. The zero-order valence-electron chi connectivity index (χ0n) is 7.13. The molecule has 1 rings (SSSR count). The van der Waals surface area contributed by atoms with Crippen LogP contribution in [0.2, 0.25) is 0 Å². The van der Waals surface area contributed by atoms with E-state index < -0.39 is 0 Å². The molecule has 62 valence electrons. The van der Waals surface area contributed by atoms with Crippen molar-refractivity contribution in [3.63, 3.8) is 0 Å². The maximum atomic E-state index is 5.93. The first kappa shape index (κ1) is 8.75. The van der Waals surface area contributed by atoms with Crippen molar-refractivity contribution < 1.29 is 0 Å². The van der Waals surface area contributed by atoms with Crippen molar-refractivity contribution in [3.05, 3.63) is 21.9 Å². The first-order valence-corrected chi connectivity index (χ1v) is 4.87. The molecule has 2 heteroatoms. The van der Waals surface area contributed by atoms with Crippen LogP contribution in [-0.2, 0) is 0 Å². The molecule has 0 spiro atoms. The van der Waals surface area contributed by atoms with Gasteiger partial charge in [-0.2, -0.15) is 0 Å². The molecule has 1 aromatic heterocycles. The number of aryl methyl sites for hydroxylation is 1. The second kappa shape index (κ2) is 3.88. The molecule has 1 aromatic rings. The van der Waals surface area contributed by atoms with Crippen LogP contribution in [0.3, 0.4) is 0 Å². The standard InChI is InChI=1S/C9H15NS/c1-3-4-8(10)9-6-5-7(2)11-9/h5-6,8H,3-4,10H2,1-2H3/t8-/m0/s1. The van der Waals surface area contributed by atoms with E-state index in [0.717, 1.165) is 12.8 Å². The second-order valence-corrected chi connectivity index (χ2v) is 4.16. The summed E-state index contributed by atoms with van der Waals surface area (Å²) in [5.74, 6) is 0. The smallest absolute Gasteiger partial charge is 0.0389 e. The van der Waals surface area contributed by atoms with E-state index in [-0.39, 0.29) is 6.04 Å². The van der Waals surface area contributed by atoms with Crippen LogP contribution in [0, 0.1) is 6.92 Å². The summed E-state index contributed by atoms with van der Waals surface area (Å²) in [4.78, 5) is 2.68. The van der Waals surface area contributed by atoms with Crippen LogP contribution in [0.4, 0.5) is 0 Å². The number of hydrogen-bond donors (Lipinski definition) is 1. The minimum absolute atomic E-state index is 0.263. The third-order valence-corrected chi connectivity index (χ3v) is 2.86. The van der Waals surface area contributed by atoms with Crippen LogP contribution in [0.15, 0.2) is 12.1 Å². The van der Waals surface area contributed by atoms with Crippen LogP contribution in [0.1, 0.15) is 35.6 Å². The summed E-state index contributed by atoms with van der Waals surface area (Å²) in [6.07, 6.45) is 2.26. The van der Waals surface area contributed by atoms with Crippen molar-refractivity contribution in [3.8, 4) is 0 Å². The first-order chi connectivity index (χ1) is 5.24. The number of thiophene rings is 1. The van der Waals surface area contributed by atoms with Gasteiger partial charge >= 0.3 is 0 Å². The number of nitrogens with two attached hydrogens (primary N) is 1. The minimum atomic E-state index is 0.263. The summed E-state index contributed by atoms with van der Waals surface area (Å²) in [5.41, 5.74) is 5.93. The van der Waals surface area contributed by atoms with Gasteiger partial charge in [0.25, 0.3) is 0 Å². The molecular formula is C9H15NS. The molecule has 0 bridgehead atoms. The summed E-state index contributed by atoms with van der Waals surface area (Å²) in [5, 5.41) is 0. The van der Waals surface area contributed by atoms with Gasteiger partial charge in [-0.3, -0.25) is 0 Å². The topological polar surface area (TPSA) is 26.0 Å². The lowest BCUT2D eigenvalue weighted by Crippen LogP contribution is -2.07. The monoisotopic (exact) mass is 169 g/mol. The van der Waals surface area contributed by atoms with Gasteiger partial charge in [-0.25, -0.2) is 0 Å². The van der Waals surface area contributed by atoms with Crippen molar-refractivity contribution >= 4 is 11.3 Å². The van der Waals surface area contributed by atoms with Crippen molar-refractivity contribution in [1.29, 1.82) is 0 Å². The highest BCUT2D eigenvalue weighted by Gasteiger charge is 2.05. The van der Waals surface area contributed by atoms with Crippen molar-refractivity contribution in [1.82, 2.24) is 0 Å². The molecule has 0 saturated heterocycles. The van der Waals surface area contributed by atoms with E-state index in [1.165, 1.54) is 9.75 Å². The number of rotatable bonds is 3. The first-order valence-electron chi connectivity index (χ1n) is 4.06. The van der Waals surface area contributed by atoms with Crippen molar-refractivity contribution in [2.75, 3.05) is 0 Å². The predicted molar refractivity (Wildman–Crippen MR) is 50.9 cm³/mol. The Morgan fingerprint density at radius 1 is 1.55 bits per heavy atom. The van der Waals surface area contributed by atoms with E-state index in [1.807, 2.05) is 11.3 Å². The maximum absolute atomic E-state index is 5.93. The molecule has 0 radical (unpaired) electrons. The van der Waals surface area contributed by atoms with Gasteiger partial charge in [0, 0.05) is 15.8 Å². The summed E-state index contributed by atoms with van der Waals surface area (Å²) in [7, 11) is 0. The summed E-state index contributed by atoms with van der Waals surface area (Å²) in [6.45, 7) is 4.28. The zero-order valence-corrected chi connectivity index (χ0v) is 7.95. The molecule has 1 atom stereocenters. The van der Waals surface area contributed by atoms with E-state index in [1.54, 1.807) is 0 Å². The Balaban J connectivity index is 2.60. The molecule has 1 nitrogen and oxygen atoms in total. The third kappa shape index (κ3) is 2.31. The van der Waals surface area contributed by atoms with Gasteiger partial charge in [-0.1, -0.05) is 13.3 Å². The Morgan fingerprint density at radius 3 is 2.73 bits per heavy atom. The van der Waals surface area contributed by atoms with Gasteiger partial charge in [0.15, 0.2) is 0 Å². The molecule has 0 amide bonds. The third-order valence-electron chi connectivity index (χ3n) is 1.73. The molecule has 0 aliphatic carbocycles. The Hall–Kier alpha value is -0.340. The molecule has 2 N–H and O–H groups in total. The fraction of sp³-hybridized carbons (Fsp3) is 0.556. The molecule has 0 aliphatic heterocycles. The lowest BCUT2D eigenvalue weighted by Gasteiger charge is -2.05. The van der Waals surface area contributed by atoms with E-state index >= 15 is 0 Å². The molecule has 1 heterocycles. The van der Waals surface area contributed by atoms with Crippen LogP contribution >= 0.6 is 11.3 Å². The van der Waals surface area contributed by atoms with Crippen molar-refractivity contribution in [2.24, 2.45) is 5.73 Å². The number of hydrogen-bond acceptors (Lipinski definition) is 2. The average molecular weight is 169 g/mol. The van der Waals surface area contributed by atoms with E-state index in [2.05, 4.69) is 26.0 Å². The zero-order chi connectivity index (χ0) is 8.27. The Kier molecular flexibility index (Phi) is 3.09. The van der Waals surface area contributed by atoms with Gasteiger partial charge in [0.1, 0.15) is 0 Å². The Labute approximate surface area is 72.2 Å². The summed E-state index contributed by atoms with van der Waals surface area (Å²) < 4.78 is 0. The predicted octanol–water partition coefficient (Wildman–Crippen LogP) is 2.86. The van der Waals surface area contributed by atoms with E-state index in [0.29, 0.717) is 0 Å². The highest BCUT2D eigenvalue weighted by molar-refractivity contribution is 7.12. The van der Waals surface area contributed by atoms with Crippen molar-refractivity contribution in [2.45, 2.75) is 32.7 Å². The lowest BCUT2D eigenvalue weighted by molar-refractivity contribution is 0.648. The fourth-order valence-corrected chi connectivity index (χ4v) is 2.02. The van der Waals surface area contributed by atoms with Crippen LogP contribution in [0.5, 0.6) is 0 Å². The quantitative estimate of drug-likeness (QED) is 0.739. The van der Waals surface area contributed by atoms with Gasteiger partial charge in [-0.05, 0) is 25.5 Å². The van der Waals surface area contributed by atoms with Gasteiger partial charge in [0.2, 0.25) is 0 Å². The molecule has 11 heavy (non-hydrogen) atoms. The normalized spacial score (nSPS) is 13.4. The van der Waals surface area contributed by atoms with Crippen LogP contribution in [-0.4, -0.2) is 0 Å². The van der Waals surface area contributed by atoms with Gasteiger partial charge < -0.3 is 5.73 Å². The van der Waals surface area contributed by atoms with Gasteiger partial charge in [-0.15, -0.1) is 11.3 Å². The summed E-state index contributed by atoms with van der Waals surface area (Å²) in [6, 6.07) is 4.54. The molecule has 0 saturated carbocycles. The Morgan fingerprint density at radius 2 is 2.27 bits per heavy atom. The maximum Gasteiger partial charge on any atom is 0.0389 e.